The second-order valence-corrected chi connectivity index (χ2v) is 4.76. The quantitative estimate of drug-likeness (QED) is 0.803. The lowest BCUT2D eigenvalue weighted by atomic mass is 9.91. The molecule has 0 N–H and O–H groups in total. The zero-order chi connectivity index (χ0) is 15.4. The summed E-state index contributed by atoms with van der Waals surface area (Å²) in [5, 5.41) is 9.65. The summed E-state index contributed by atoms with van der Waals surface area (Å²) in [5.41, 5.74) is 0.645. The SMILES string of the molecule is COc1ccc(Cl)cc1C(=O)C(C#N)c1ccc(F)cc1. The molecule has 0 aromatic heterocycles. The first-order valence-corrected chi connectivity index (χ1v) is 6.47. The molecule has 0 spiro atoms. The fraction of sp³-hybridized carbons (Fsp3) is 0.125. The third-order valence-corrected chi connectivity index (χ3v) is 3.26. The van der Waals surface area contributed by atoms with Crippen LogP contribution in [0.25, 0.3) is 0 Å². The topological polar surface area (TPSA) is 50.1 Å². The highest BCUT2D eigenvalue weighted by atomic mass is 35.5. The average Bonchev–Trinajstić information content (AvgIpc) is 2.49. The Morgan fingerprint density at radius 2 is 1.95 bits per heavy atom. The molecule has 2 aromatic carbocycles. The normalized spacial score (nSPS) is 11.5. The van der Waals surface area contributed by atoms with Crippen LogP contribution < -0.4 is 4.74 Å². The minimum Gasteiger partial charge on any atom is -0.496 e. The minimum atomic E-state index is -1.04. The molecule has 5 heteroatoms. The van der Waals surface area contributed by atoms with Crippen molar-refractivity contribution in [3.05, 3.63) is 64.4 Å². The number of rotatable bonds is 4. The van der Waals surface area contributed by atoms with Crippen LogP contribution in [0.2, 0.25) is 5.02 Å². The van der Waals surface area contributed by atoms with E-state index in [1.807, 2.05) is 6.07 Å². The van der Waals surface area contributed by atoms with E-state index in [2.05, 4.69) is 0 Å². The highest BCUT2D eigenvalue weighted by molar-refractivity contribution is 6.31. The second kappa shape index (κ2) is 6.38. The van der Waals surface area contributed by atoms with Gasteiger partial charge in [0, 0.05) is 5.02 Å². The van der Waals surface area contributed by atoms with Crippen LogP contribution in [0.15, 0.2) is 42.5 Å². The first-order valence-electron chi connectivity index (χ1n) is 6.09. The van der Waals surface area contributed by atoms with Gasteiger partial charge < -0.3 is 4.74 Å². The molecular formula is C16H11ClFNO2. The van der Waals surface area contributed by atoms with Crippen LogP contribution in [-0.4, -0.2) is 12.9 Å². The summed E-state index contributed by atoms with van der Waals surface area (Å²) in [4.78, 5) is 12.5. The van der Waals surface area contributed by atoms with E-state index in [9.17, 15) is 14.4 Å². The molecule has 3 nitrogen and oxygen atoms in total. The lowest BCUT2D eigenvalue weighted by molar-refractivity contribution is 0.0976. The Labute approximate surface area is 126 Å². The van der Waals surface area contributed by atoms with Crippen molar-refractivity contribution < 1.29 is 13.9 Å². The average molecular weight is 304 g/mol. The van der Waals surface area contributed by atoms with Crippen LogP contribution in [0.3, 0.4) is 0 Å². The number of nitrogens with zero attached hydrogens (tertiary/aromatic N) is 1. The first-order chi connectivity index (χ1) is 10.1. The predicted molar refractivity (Wildman–Crippen MR) is 77.1 cm³/mol. The van der Waals surface area contributed by atoms with E-state index in [-0.39, 0.29) is 5.56 Å². The van der Waals surface area contributed by atoms with Crippen molar-refractivity contribution in [1.29, 1.82) is 5.26 Å². The summed E-state index contributed by atoms with van der Waals surface area (Å²) in [6.45, 7) is 0. The number of benzene rings is 2. The molecule has 1 unspecified atom stereocenters. The largest absolute Gasteiger partial charge is 0.496 e. The van der Waals surface area contributed by atoms with E-state index in [4.69, 9.17) is 16.3 Å². The van der Waals surface area contributed by atoms with E-state index in [0.29, 0.717) is 16.3 Å². The molecule has 0 saturated heterocycles. The number of carbonyl (C=O) groups excluding carboxylic acids is 1. The van der Waals surface area contributed by atoms with Crippen molar-refractivity contribution in [1.82, 2.24) is 0 Å². The monoisotopic (exact) mass is 303 g/mol. The Balaban J connectivity index is 2.44. The molecule has 21 heavy (non-hydrogen) atoms. The van der Waals surface area contributed by atoms with Crippen molar-refractivity contribution in [3.63, 3.8) is 0 Å². The number of halogens is 2. The van der Waals surface area contributed by atoms with Gasteiger partial charge in [0.1, 0.15) is 17.5 Å². The van der Waals surface area contributed by atoms with Gasteiger partial charge in [-0.15, -0.1) is 0 Å². The van der Waals surface area contributed by atoms with Crippen LogP contribution in [0.4, 0.5) is 4.39 Å². The van der Waals surface area contributed by atoms with Gasteiger partial charge in [-0.2, -0.15) is 5.26 Å². The van der Waals surface area contributed by atoms with Crippen molar-refractivity contribution in [2.24, 2.45) is 0 Å². The molecule has 0 bridgehead atoms. The minimum absolute atomic E-state index is 0.223. The number of Topliss-reactive ketones (excluding diaryl/α,β-unsaturated/α-hetero) is 1. The van der Waals surface area contributed by atoms with Crippen molar-refractivity contribution in [2.75, 3.05) is 7.11 Å². The molecule has 0 saturated carbocycles. The number of ketones is 1. The van der Waals surface area contributed by atoms with Crippen LogP contribution >= 0.6 is 11.6 Å². The molecule has 0 amide bonds. The molecular weight excluding hydrogens is 293 g/mol. The van der Waals surface area contributed by atoms with Crippen LogP contribution in [0, 0.1) is 17.1 Å². The molecule has 2 rings (SSSR count). The van der Waals surface area contributed by atoms with E-state index in [1.165, 1.54) is 37.4 Å². The Hall–Kier alpha value is -2.38. The number of hydrogen-bond acceptors (Lipinski definition) is 3. The predicted octanol–water partition coefficient (Wildman–Crippen LogP) is 3.98. The van der Waals surface area contributed by atoms with Gasteiger partial charge >= 0.3 is 0 Å². The fourth-order valence-corrected chi connectivity index (χ4v) is 2.14. The molecule has 2 aromatic rings. The Morgan fingerprint density at radius 1 is 1.29 bits per heavy atom. The molecule has 106 valence electrons. The van der Waals surface area contributed by atoms with E-state index in [0.717, 1.165) is 0 Å². The molecule has 0 fully saturated rings. The van der Waals surface area contributed by atoms with Crippen molar-refractivity contribution >= 4 is 17.4 Å². The first kappa shape index (κ1) is 15.0. The number of ether oxygens (including phenoxy) is 1. The third-order valence-electron chi connectivity index (χ3n) is 3.02. The lowest BCUT2D eigenvalue weighted by Gasteiger charge is -2.12. The second-order valence-electron chi connectivity index (χ2n) is 4.32. The summed E-state index contributed by atoms with van der Waals surface area (Å²) in [5.74, 6) is -1.57. The van der Waals surface area contributed by atoms with Gasteiger partial charge in [-0.1, -0.05) is 23.7 Å². The van der Waals surface area contributed by atoms with Gasteiger partial charge in [0.05, 0.1) is 18.7 Å². The van der Waals surface area contributed by atoms with Gasteiger partial charge in [0.25, 0.3) is 0 Å². The van der Waals surface area contributed by atoms with Gasteiger partial charge in [-0.3, -0.25) is 4.79 Å². The molecule has 0 aliphatic heterocycles. The van der Waals surface area contributed by atoms with Gasteiger partial charge in [-0.05, 0) is 35.9 Å². The van der Waals surface area contributed by atoms with Crippen LogP contribution in [0.1, 0.15) is 21.8 Å². The maximum atomic E-state index is 12.9. The van der Waals surface area contributed by atoms with Crippen LogP contribution in [-0.2, 0) is 0 Å². The highest BCUT2D eigenvalue weighted by Gasteiger charge is 2.24. The van der Waals surface area contributed by atoms with Crippen LogP contribution in [0.5, 0.6) is 5.75 Å². The van der Waals surface area contributed by atoms with Gasteiger partial charge in [-0.25, -0.2) is 4.39 Å². The van der Waals surface area contributed by atoms with Gasteiger partial charge in [0.2, 0.25) is 0 Å². The highest BCUT2D eigenvalue weighted by Crippen LogP contribution is 2.28. The van der Waals surface area contributed by atoms with E-state index in [1.54, 1.807) is 12.1 Å². The Kier molecular flexibility index (Phi) is 4.56. The Morgan fingerprint density at radius 3 is 2.52 bits per heavy atom. The molecule has 0 aliphatic carbocycles. The maximum Gasteiger partial charge on any atom is 0.188 e. The number of carbonyl (C=O) groups is 1. The number of nitriles is 1. The summed E-state index contributed by atoms with van der Waals surface area (Å²) < 4.78 is 18.1. The standard InChI is InChI=1S/C16H11ClFNO2/c1-21-15-7-4-11(17)8-13(15)16(20)14(9-19)10-2-5-12(18)6-3-10/h2-8,14H,1H3. The van der Waals surface area contributed by atoms with Crippen molar-refractivity contribution in [3.8, 4) is 11.8 Å². The number of hydrogen-bond donors (Lipinski definition) is 0. The van der Waals surface area contributed by atoms with Crippen molar-refractivity contribution in [2.45, 2.75) is 5.92 Å². The zero-order valence-corrected chi connectivity index (χ0v) is 11.9. The third kappa shape index (κ3) is 3.21. The fourth-order valence-electron chi connectivity index (χ4n) is 1.97. The summed E-state index contributed by atoms with van der Waals surface area (Å²) in [7, 11) is 1.43. The Bertz CT molecular complexity index is 707. The number of methoxy groups -OCH3 is 1. The van der Waals surface area contributed by atoms with Gasteiger partial charge in [0.15, 0.2) is 5.78 Å². The van der Waals surface area contributed by atoms with E-state index >= 15 is 0 Å². The maximum absolute atomic E-state index is 12.9. The molecule has 0 radical (unpaired) electrons. The van der Waals surface area contributed by atoms with E-state index < -0.39 is 17.5 Å². The smallest absolute Gasteiger partial charge is 0.188 e. The lowest BCUT2D eigenvalue weighted by Crippen LogP contribution is -2.12. The molecule has 1 atom stereocenters. The molecule has 0 heterocycles. The summed E-state index contributed by atoms with van der Waals surface area (Å²) in [6.07, 6.45) is 0. The zero-order valence-electron chi connectivity index (χ0n) is 11.1. The molecule has 0 aliphatic rings. The summed E-state index contributed by atoms with van der Waals surface area (Å²) >= 11 is 5.89. The summed E-state index contributed by atoms with van der Waals surface area (Å²) in [6, 6.07) is 11.8.